The van der Waals surface area contributed by atoms with Crippen molar-refractivity contribution >= 4 is 33.0 Å². The summed E-state index contributed by atoms with van der Waals surface area (Å²) in [6.07, 6.45) is 0. The van der Waals surface area contributed by atoms with E-state index in [4.69, 9.17) is 0 Å². The molecule has 1 N–H and O–H groups in total. The molecule has 0 atom stereocenters. The number of anilines is 3. The second kappa shape index (κ2) is 8.89. The molecular weight excluding hydrogens is 432 g/mol. The molecule has 4 rings (SSSR count). The van der Waals surface area contributed by atoms with Crippen molar-refractivity contribution in [3.05, 3.63) is 76.3 Å². The highest BCUT2D eigenvalue weighted by Gasteiger charge is 2.30. The van der Waals surface area contributed by atoms with Gasteiger partial charge in [0, 0.05) is 44.0 Å². The zero-order valence-electron chi connectivity index (χ0n) is 17.4. The number of nitro groups is 1. The normalized spacial score (nSPS) is 14.8. The Morgan fingerprint density at radius 2 is 1.69 bits per heavy atom. The third kappa shape index (κ3) is 4.68. The summed E-state index contributed by atoms with van der Waals surface area (Å²) in [4.78, 5) is 12.2. The Hall–Kier alpha value is -3.57. The number of hydrogen-bond donors (Lipinski definition) is 1. The highest BCUT2D eigenvalue weighted by atomic mass is 32.2. The molecule has 3 aromatic rings. The Morgan fingerprint density at radius 1 is 0.969 bits per heavy atom. The predicted molar refractivity (Wildman–Crippen MR) is 121 cm³/mol. The minimum Gasteiger partial charge on any atom is -0.352 e. The quantitative estimate of drug-likeness (QED) is 0.446. The Bertz CT molecular complexity index is 1210. The number of non-ortho nitro benzene ring substituents is 1. The van der Waals surface area contributed by atoms with Crippen LogP contribution in [0.1, 0.15) is 5.56 Å². The monoisotopic (exact) mass is 454 g/mol. The average Bonchev–Trinajstić information content (AvgIpc) is 2.81. The maximum Gasteiger partial charge on any atom is 0.270 e. The molecule has 1 aromatic heterocycles. The first-order valence-corrected chi connectivity index (χ1v) is 11.4. The van der Waals surface area contributed by atoms with Crippen LogP contribution in [0.25, 0.3) is 0 Å². The minimum absolute atomic E-state index is 0.0773. The van der Waals surface area contributed by atoms with Crippen molar-refractivity contribution in [1.29, 1.82) is 0 Å². The van der Waals surface area contributed by atoms with Gasteiger partial charge in [0.1, 0.15) is 0 Å². The number of nitrogens with one attached hydrogen (secondary N) is 1. The van der Waals surface area contributed by atoms with Crippen LogP contribution in [-0.4, -0.2) is 54.0 Å². The molecule has 0 unspecified atom stereocenters. The van der Waals surface area contributed by atoms with Gasteiger partial charge in [-0.1, -0.05) is 23.8 Å². The maximum absolute atomic E-state index is 12.9. The largest absolute Gasteiger partial charge is 0.352 e. The molecule has 0 saturated carbocycles. The second-order valence-electron chi connectivity index (χ2n) is 7.41. The van der Waals surface area contributed by atoms with Gasteiger partial charge in [0.05, 0.1) is 9.82 Å². The third-order valence-corrected chi connectivity index (χ3v) is 7.10. The molecular formula is C21H22N6O4S. The van der Waals surface area contributed by atoms with Crippen molar-refractivity contribution in [3.63, 3.8) is 0 Å². The number of rotatable bonds is 6. The molecule has 0 spiro atoms. The van der Waals surface area contributed by atoms with E-state index in [0.29, 0.717) is 24.7 Å². The third-order valence-electron chi connectivity index (χ3n) is 5.20. The van der Waals surface area contributed by atoms with E-state index in [9.17, 15) is 18.5 Å². The lowest BCUT2D eigenvalue weighted by molar-refractivity contribution is -0.385. The zero-order chi connectivity index (χ0) is 22.7. The van der Waals surface area contributed by atoms with Crippen LogP contribution in [0.5, 0.6) is 0 Å². The summed E-state index contributed by atoms with van der Waals surface area (Å²) in [6, 6.07) is 16.7. The molecule has 1 saturated heterocycles. The molecule has 1 aliphatic rings. The molecule has 2 aromatic carbocycles. The van der Waals surface area contributed by atoms with Gasteiger partial charge in [0.15, 0.2) is 11.6 Å². The van der Waals surface area contributed by atoms with Gasteiger partial charge < -0.3 is 10.2 Å². The van der Waals surface area contributed by atoms with Crippen molar-refractivity contribution in [1.82, 2.24) is 14.5 Å². The second-order valence-corrected chi connectivity index (χ2v) is 9.35. The van der Waals surface area contributed by atoms with E-state index in [1.54, 1.807) is 0 Å². The van der Waals surface area contributed by atoms with Gasteiger partial charge in [-0.2, -0.15) is 4.31 Å². The Morgan fingerprint density at radius 3 is 2.31 bits per heavy atom. The molecule has 1 aliphatic heterocycles. The summed E-state index contributed by atoms with van der Waals surface area (Å²) in [5.74, 6) is 1.27. The van der Waals surface area contributed by atoms with E-state index < -0.39 is 14.9 Å². The van der Waals surface area contributed by atoms with Gasteiger partial charge in [-0.25, -0.2) is 8.42 Å². The maximum atomic E-state index is 12.9. The van der Waals surface area contributed by atoms with E-state index in [1.165, 1.54) is 28.1 Å². The Labute approximate surface area is 185 Å². The number of aromatic nitrogens is 2. The summed E-state index contributed by atoms with van der Waals surface area (Å²) in [5, 5.41) is 22.6. The molecule has 1 fully saturated rings. The van der Waals surface area contributed by atoms with Crippen LogP contribution in [0.3, 0.4) is 0 Å². The summed E-state index contributed by atoms with van der Waals surface area (Å²) in [5.41, 5.74) is 1.83. The lowest BCUT2D eigenvalue weighted by Gasteiger charge is -2.34. The summed E-state index contributed by atoms with van der Waals surface area (Å²) in [7, 11) is -3.81. The molecule has 10 nitrogen and oxygen atoms in total. The van der Waals surface area contributed by atoms with E-state index in [1.807, 2.05) is 48.2 Å². The van der Waals surface area contributed by atoms with Crippen molar-refractivity contribution in [3.8, 4) is 0 Å². The number of piperazine rings is 1. The fourth-order valence-corrected chi connectivity index (χ4v) is 4.87. The van der Waals surface area contributed by atoms with Gasteiger partial charge in [0.25, 0.3) is 5.69 Å². The zero-order valence-corrected chi connectivity index (χ0v) is 18.2. The van der Waals surface area contributed by atoms with Crippen LogP contribution in [0, 0.1) is 17.0 Å². The van der Waals surface area contributed by atoms with E-state index in [-0.39, 0.29) is 23.7 Å². The molecule has 166 valence electrons. The highest BCUT2D eigenvalue weighted by Crippen LogP contribution is 2.23. The summed E-state index contributed by atoms with van der Waals surface area (Å²) >= 11 is 0. The van der Waals surface area contributed by atoms with E-state index in [2.05, 4.69) is 15.5 Å². The fourth-order valence-electron chi connectivity index (χ4n) is 3.41. The molecule has 2 heterocycles. The SMILES string of the molecule is Cc1ccc(Nc2ccc(N3CCN(S(=O)(=O)c4cccc([N+](=O)[O-])c4)CC3)nn2)cc1. The number of hydrogen-bond acceptors (Lipinski definition) is 8. The molecule has 0 bridgehead atoms. The molecule has 32 heavy (non-hydrogen) atoms. The van der Waals surface area contributed by atoms with Gasteiger partial charge in [-0.05, 0) is 37.3 Å². The van der Waals surface area contributed by atoms with Crippen LogP contribution in [-0.2, 0) is 10.0 Å². The average molecular weight is 455 g/mol. The molecule has 0 aliphatic carbocycles. The minimum atomic E-state index is -3.81. The van der Waals surface area contributed by atoms with Gasteiger partial charge >= 0.3 is 0 Å². The van der Waals surface area contributed by atoms with E-state index >= 15 is 0 Å². The molecule has 11 heteroatoms. The van der Waals surface area contributed by atoms with Crippen LogP contribution >= 0.6 is 0 Å². The number of aryl methyl sites for hydroxylation is 1. The van der Waals surface area contributed by atoms with Crippen LogP contribution in [0.4, 0.5) is 23.0 Å². The smallest absolute Gasteiger partial charge is 0.270 e. The van der Waals surface area contributed by atoms with Gasteiger partial charge in [0.2, 0.25) is 10.0 Å². The first kappa shape index (κ1) is 21.7. The number of nitro benzene ring substituents is 1. The molecule has 0 radical (unpaired) electrons. The van der Waals surface area contributed by atoms with E-state index in [0.717, 1.165) is 11.8 Å². The Kier molecular flexibility index (Phi) is 6.01. The van der Waals surface area contributed by atoms with Gasteiger partial charge in [-0.15, -0.1) is 10.2 Å². The first-order chi connectivity index (χ1) is 15.3. The van der Waals surface area contributed by atoms with Crippen molar-refractivity contribution in [2.45, 2.75) is 11.8 Å². The topological polar surface area (TPSA) is 122 Å². The lowest BCUT2D eigenvalue weighted by atomic mass is 10.2. The fraction of sp³-hybridized carbons (Fsp3) is 0.238. The number of nitrogens with zero attached hydrogens (tertiary/aromatic N) is 5. The lowest BCUT2D eigenvalue weighted by Crippen LogP contribution is -2.49. The standard InChI is InChI=1S/C21H22N6O4S/c1-16-5-7-17(8-6-16)22-20-9-10-21(24-23-20)25-11-13-26(14-12-25)32(30,31)19-4-2-3-18(15-19)27(28)29/h2-10,15H,11-14H2,1H3,(H,22,23). The predicted octanol–water partition coefficient (Wildman–Crippen LogP) is 2.95. The van der Waals surface area contributed by atoms with Crippen LogP contribution in [0.15, 0.2) is 65.6 Å². The summed E-state index contributed by atoms with van der Waals surface area (Å²) in [6.45, 7) is 3.39. The highest BCUT2D eigenvalue weighted by molar-refractivity contribution is 7.89. The number of sulfonamides is 1. The van der Waals surface area contributed by atoms with Crippen LogP contribution < -0.4 is 10.2 Å². The van der Waals surface area contributed by atoms with Crippen molar-refractivity contribution < 1.29 is 13.3 Å². The van der Waals surface area contributed by atoms with Crippen molar-refractivity contribution in [2.24, 2.45) is 0 Å². The summed E-state index contributed by atoms with van der Waals surface area (Å²) < 4.78 is 27.1. The number of benzene rings is 2. The Balaban J connectivity index is 1.39. The van der Waals surface area contributed by atoms with Gasteiger partial charge in [-0.3, -0.25) is 10.1 Å². The molecule has 0 amide bonds. The first-order valence-electron chi connectivity index (χ1n) is 10.00. The van der Waals surface area contributed by atoms with Crippen molar-refractivity contribution in [2.75, 3.05) is 36.4 Å². The van der Waals surface area contributed by atoms with Crippen LogP contribution in [0.2, 0.25) is 0 Å².